The lowest BCUT2D eigenvalue weighted by atomic mass is 10.1. The fourth-order valence-electron chi connectivity index (χ4n) is 2.55. The largest absolute Gasteiger partial charge is 0.425 e. The molecule has 7 nitrogen and oxygen atoms in total. The highest BCUT2D eigenvalue weighted by Crippen LogP contribution is 2.38. The van der Waals surface area contributed by atoms with Crippen LogP contribution >= 0.6 is 11.3 Å². The monoisotopic (exact) mass is 443 g/mol. The number of carbonyl (C=O) groups excluding carboxylic acids is 1. The van der Waals surface area contributed by atoms with E-state index in [0.29, 0.717) is 16.9 Å². The summed E-state index contributed by atoms with van der Waals surface area (Å²) >= 11 is 0.359. The highest BCUT2D eigenvalue weighted by Gasteiger charge is 2.34. The third-order valence-electron chi connectivity index (χ3n) is 4.00. The molecular weight excluding hydrogens is 426 g/mol. The number of hydrogen-bond donors (Lipinski definition) is 3. The first-order valence-electron chi connectivity index (χ1n) is 8.76. The second-order valence-electron chi connectivity index (χ2n) is 6.58. The summed E-state index contributed by atoms with van der Waals surface area (Å²) in [6.45, 7) is 3.01. The van der Waals surface area contributed by atoms with Gasteiger partial charge in [0.05, 0.1) is 28.6 Å². The molecule has 1 amide bonds. The summed E-state index contributed by atoms with van der Waals surface area (Å²) in [5, 5.41) is 14.6. The van der Waals surface area contributed by atoms with E-state index >= 15 is 0 Å². The zero-order valence-corrected chi connectivity index (χ0v) is 16.6. The molecule has 3 aromatic heterocycles. The minimum atomic E-state index is -4.60. The Balaban J connectivity index is 2.01. The van der Waals surface area contributed by atoms with Gasteiger partial charge >= 0.3 is 6.18 Å². The van der Waals surface area contributed by atoms with E-state index in [1.54, 1.807) is 6.92 Å². The van der Waals surface area contributed by atoms with E-state index < -0.39 is 34.9 Å². The molecule has 3 aromatic rings. The van der Waals surface area contributed by atoms with E-state index in [2.05, 4.69) is 25.6 Å². The Bertz CT molecular complexity index is 1070. The number of carbonyl (C=O) groups is 1. The molecule has 1 unspecified atom stereocenters. The Morgan fingerprint density at radius 1 is 1.23 bits per heavy atom. The summed E-state index contributed by atoms with van der Waals surface area (Å²) in [5.74, 6) is -1.40. The van der Waals surface area contributed by atoms with Crippen LogP contribution in [-0.4, -0.2) is 38.6 Å². The molecule has 0 bridgehead atoms. The van der Waals surface area contributed by atoms with Crippen LogP contribution in [0, 0.1) is 5.82 Å². The summed E-state index contributed by atoms with van der Waals surface area (Å²) in [5.41, 5.74) is 0.143. The molecule has 0 aliphatic heterocycles. The van der Waals surface area contributed by atoms with Gasteiger partial charge in [0.25, 0.3) is 5.91 Å². The molecule has 160 valence electrons. The number of aliphatic hydroxyl groups is 1. The summed E-state index contributed by atoms with van der Waals surface area (Å²) in [6.07, 6.45) is -3.00. The zero-order valence-electron chi connectivity index (χ0n) is 15.8. The number of thiophene rings is 1. The van der Waals surface area contributed by atoms with Crippen LogP contribution in [0.5, 0.6) is 0 Å². The van der Waals surface area contributed by atoms with Gasteiger partial charge in [-0.2, -0.15) is 13.2 Å². The number of hydrogen-bond acceptors (Lipinski definition) is 7. The second-order valence-corrected chi connectivity index (χ2v) is 7.63. The third-order valence-corrected chi connectivity index (χ3v) is 5.17. The average Bonchev–Trinajstić information content (AvgIpc) is 3.10. The first kappa shape index (κ1) is 21.8. The van der Waals surface area contributed by atoms with Gasteiger partial charge in [0.1, 0.15) is 10.7 Å². The minimum absolute atomic E-state index is 0.0314. The van der Waals surface area contributed by atoms with E-state index in [9.17, 15) is 27.5 Å². The fourth-order valence-corrected chi connectivity index (χ4v) is 3.50. The van der Waals surface area contributed by atoms with Gasteiger partial charge in [-0.25, -0.2) is 14.4 Å². The van der Waals surface area contributed by atoms with Gasteiger partial charge in [0.15, 0.2) is 5.69 Å². The number of halogens is 4. The van der Waals surface area contributed by atoms with Crippen molar-refractivity contribution in [3.05, 3.63) is 46.5 Å². The topological polar surface area (TPSA) is 100 Å². The molecule has 0 aliphatic rings. The molecular formula is C18H17F4N5O2S. The van der Waals surface area contributed by atoms with Gasteiger partial charge < -0.3 is 15.7 Å². The lowest BCUT2D eigenvalue weighted by Crippen LogP contribution is -2.31. The van der Waals surface area contributed by atoms with E-state index in [1.807, 2.05) is 0 Å². The van der Waals surface area contributed by atoms with Crippen LogP contribution in [0.25, 0.3) is 10.2 Å². The summed E-state index contributed by atoms with van der Waals surface area (Å²) < 4.78 is 52.8. The standard InChI is InChI=1S/C18H17F4N5O2S/c1-8(28)5-24-16(29)14-15-12(4-13(30-15)18(20,21)22)26-17(27-14)25-9(2)10-3-11(19)7-23-6-10/h3-4,6-9,28H,5H2,1-2H3,(H,24,29)(H,25,26,27)/t8-,9?/m1/s1. The number of aliphatic hydroxyl groups excluding tert-OH is 1. The van der Waals surface area contributed by atoms with Crippen LogP contribution in [0.4, 0.5) is 23.5 Å². The van der Waals surface area contributed by atoms with Crippen LogP contribution in [-0.2, 0) is 6.18 Å². The van der Waals surface area contributed by atoms with Crippen LogP contribution in [0.2, 0.25) is 0 Å². The fraction of sp³-hybridized carbons (Fsp3) is 0.333. The number of rotatable bonds is 6. The molecule has 3 N–H and O–H groups in total. The van der Waals surface area contributed by atoms with Crippen LogP contribution in [0.15, 0.2) is 24.5 Å². The Hall–Kier alpha value is -2.86. The molecule has 30 heavy (non-hydrogen) atoms. The van der Waals surface area contributed by atoms with Crippen molar-refractivity contribution in [1.82, 2.24) is 20.3 Å². The van der Waals surface area contributed by atoms with Gasteiger partial charge in [-0.3, -0.25) is 9.78 Å². The van der Waals surface area contributed by atoms with Crippen molar-refractivity contribution < 1.29 is 27.5 Å². The van der Waals surface area contributed by atoms with Crippen LogP contribution in [0.1, 0.15) is 40.8 Å². The maximum absolute atomic E-state index is 13.4. The quantitative estimate of drug-likeness (QED) is 0.504. The molecule has 0 spiro atoms. The van der Waals surface area contributed by atoms with Crippen molar-refractivity contribution >= 4 is 33.4 Å². The molecule has 0 radical (unpaired) electrons. The van der Waals surface area contributed by atoms with Crippen LogP contribution < -0.4 is 10.6 Å². The number of fused-ring (bicyclic) bond motifs is 1. The minimum Gasteiger partial charge on any atom is -0.392 e. The van der Waals surface area contributed by atoms with Crippen molar-refractivity contribution in [2.24, 2.45) is 0 Å². The van der Waals surface area contributed by atoms with Crippen molar-refractivity contribution in [2.45, 2.75) is 32.2 Å². The van der Waals surface area contributed by atoms with Gasteiger partial charge in [-0.15, -0.1) is 11.3 Å². The maximum Gasteiger partial charge on any atom is 0.425 e. The molecule has 0 saturated heterocycles. The molecule has 0 aromatic carbocycles. The highest BCUT2D eigenvalue weighted by atomic mass is 32.1. The molecule has 2 atom stereocenters. The van der Waals surface area contributed by atoms with E-state index in [4.69, 9.17) is 0 Å². The molecule has 0 fully saturated rings. The molecule has 0 aliphatic carbocycles. The number of pyridine rings is 1. The predicted molar refractivity (Wildman–Crippen MR) is 103 cm³/mol. The Kier molecular flexibility index (Phi) is 6.17. The molecule has 12 heteroatoms. The number of nitrogens with one attached hydrogen (secondary N) is 2. The average molecular weight is 443 g/mol. The van der Waals surface area contributed by atoms with E-state index in [0.717, 1.165) is 12.3 Å². The first-order chi connectivity index (χ1) is 14.0. The second kappa shape index (κ2) is 8.48. The zero-order chi connectivity index (χ0) is 22.1. The van der Waals surface area contributed by atoms with E-state index in [-0.39, 0.29) is 28.4 Å². The van der Waals surface area contributed by atoms with Crippen LogP contribution in [0.3, 0.4) is 0 Å². The Labute approximate surface area is 172 Å². The predicted octanol–water partition coefficient (Wildman–Crippen LogP) is 3.53. The summed E-state index contributed by atoms with van der Waals surface area (Å²) in [6, 6.07) is 1.54. The van der Waals surface area contributed by atoms with Gasteiger partial charge in [0.2, 0.25) is 5.95 Å². The molecule has 0 saturated carbocycles. The highest BCUT2D eigenvalue weighted by molar-refractivity contribution is 7.19. The van der Waals surface area contributed by atoms with Crippen molar-refractivity contribution in [1.29, 1.82) is 0 Å². The number of alkyl halides is 3. The number of anilines is 1. The number of nitrogens with zero attached hydrogens (tertiary/aromatic N) is 3. The third kappa shape index (κ3) is 5.00. The molecule has 3 rings (SSSR count). The summed E-state index contributed by atoms with van der Waals surface area (Å²) in [4.78, 5) is 23.5. The van der Waals surface area contributed by atoms with Crippen molar-refractivity contribution in [3.8, 4) is 0 Å². The van der Waals surface area contributed by atoms with Crippen molar-refractivity contribution in [3.63, 3.8) is 0 Å². The van der Waals surface area contributed by atoms with Gasteiger partial charge in [-0.05, 0) is 31.5 Å². The van der Waals surface area contributed by atoms with E-state index in [1.165, 1.54) is 19.2 Å². The smallest absolute Gasteiger partial charge is 0.392 e. The number of amides is 1. The Morgan fingerprint density at radius 2 is 1.97 bits per heavy atom. The lowest BCUT2D eigenvalue weighted by molar-refractivity contribution is -0.134. The Morgan fingerprint density at radius 3 is 2.60 bits per heavy atom. The maximum atomic E-state index is 13.4. The molecule has 3 heterocycles. The lowest BCUT2D eigenvalue weighted by Gasteiger charge is -2.15. The first-order valence-corrected chi connectivity index (χ1v) is 9.58. The normalized spacial score (nSPS) is 13.8. The van der Waals surface area contributed by atoms with Gasteiger partial charge in [0, 0.05) is 12.7 Å². The number of aromatic nitrogens is 3. The van der Waals surface area contributed by atoms with Crippen molar-refractivity contribution in [2.75, 3.05) is 11.9 Å². The van der Waals surface area contributed by atoms with Gasteiger partial charge in [-0.1, -0.05) is 0 Å². The SMILES string of the molecule is CC(Nc1nc(C(=O)NC[C@@H](C)O)c2sc(C(F)(F)F)cc2n1)c1cncc(F)c1. The summed E-state index contributed by atoms with van der Waals surface area (Å²) in [7, 11) is 0.